The van der Waals surface area contributed by atoms with Crippen molar-refractivity contribution in [2.24, 2.45) is 10.8 Å². The van der Waals surface area contributed by atoms with E-state index in [4.69, 9.17) is 23.2 Å². The number of benzene rings is 1. The van der Waals surface area contributed by atoms with E-state index in [1.165, 1.54) is 0 Å². The molecule has 0 saturated heterocycles. The number of halogens is 2. The normalized spacial score (nSPS) is 22.3. The smallest absolute Gasteiger partial charge is 0.0468 e. The third kappa shape index (κ3) is 2.53. The minimum absolute atomic E-state index is 0.288. The van der Waals surface area contributed by atoms with Crippen LogP contribution in [0.5, 0.6) is 0 Å². The largest absolute Gasteiger partial charge is 0.306 e. The third-order valence-corrected chi connectivity index (χ3v) is 5.70. The molecule has 0 aromatic heterocycles. The highest BCUT2D eigenvalue weighted by Crippen LogP contribution is 2.63. The highest BCUT2D eigenvalue weighted by molar-refractivity contribution is 6.35. The Labute approximate surface area is 126 Å². The van der Waals surface area contributed by atoms with Gasteiger partial charge in [-0.15, -0.1) is 0 Å². The standard InChI is InChI=1S/C16H23Cl2N/c1-6-13(11-8-7-10(17)9-12(11)18)19-14-15(2,3)16(14,4)5/h7-9,13-14,19H,6H2,1-5H3. The van der Waals surface area contributed by atoms with Crippen LogP contribution < -0.4 is 5.32 Å². The van der Waals surface area contributed by atoms with Crippen LogP contribution in [0.25, 0.3) is 0 Å². The minimum atomic E-state index is 0.288. The summed E-state index contributed by atoms with van der Waals surface area (Å²) in [4.78, 5) is 0. The summed E-state index contributed by atoms with van der Waals surface area (Å²) in [5, 5.41) is 5.21. The molecule has 0 spiro atoms. The quantitative estimate of drug-likeness (QED) is 0.777. The molecule has 1 nitrogen and oxygen atoms in total. The topological polar surface area (TPSA) is 12.0 Å². The highest BCUT2D eigenvalue weighted by Gasteiger charge is 2.64. The molecule has 0 radical (unpaired) electrons. The minimum Gasteiger partial charge on any atom is -0.306 e. The predicted octanol–water partition coefficient (Wildman–Crippen LogP) is 5.47. The lowest BCUT2D eigenvalue weighted by Crippen LogP contribution is -2.27. The SMILES string of the molecule is CCC(NC1C(C)(C)C1(C)C)c1ccc(Cl)cc1Cl. The van der Waals surface area contributed by atoms with Crippen molar-refractivity contribution < 1.29 is 0 Å². The van der Waals surface area contributed by atoms with Gasteiger partial charge in [-0.05, 0) is 34.9 Å². The van der Waals surface area contributed by atoms with E-state index in [1.54, 1.807) is 0 Å². The summed E-state index contributed by atoms with van der Waals surface area (Å²) in [5.74, 6) is 0. The maximum Gasteiger partial charge on any atom is 0.0468 e. The Bertz CT molecular complexity index is 466. The summed E-state index contributed by atoms with van der Waals surface area (Å²) in [6, 6.07) is 6.59. The van der Waals surface area contributed by atoms with Crippen molar-refractivity contribution in [3.63, 3.8) is 0 Å². The van der Waals surface area contributed by atoms with Gasteiger partial charge in [0, 0.05) is 22.1 Å². The van der Waals surface area contributed by atoms with E-state index in [1.807, 2.05) is 18.2 Å². The van der Waals surface area contributed by atoms with Gasteiger partial charge < -0.3 is 5.32 Å². The lowest BCUT2D eigenvalue weighted by atomic mass is 10.0. The Morgan fingerprint density at radius 1 is 1.16 bits per heavy atom. The van der Waals surface area contributed by atoms with Gasteiger partial charge in [0.2, 0.25) is 0 Å². The molecule has 1 fully saturated rings. The summed E-state index contributed by atoms with van der Waals surface area (Å²) in [6.45, 7) is 11.5. The van der Waals surface area contributed by atoms with E-state index < -0.39 is 0 Å². The van der Waals surface area contributed by atoms with Gasteiger partial charge >= 0.3 is 0 Å². The molecule has 1 N–H and O–H groups in total. The number of hydrogen-bond acceptors (Lipinski definition) is 1. The molecule has 1 aromatic carbocycles. The van der Waals surface area contributed by atoms with E-state index in [-0.39, 0.29) is 6.04 Å². The molecule has 0 aliphatic heterocycles. The van der Waals surface area contributed by atoms with E-state index in [2.05, 4.69) is 39.9 Å². The van der Waals surface area contributed by atoms with Crippen LogP contribution in [0.2, 0.25) is 10.0 Å². The van der Waals surface area contributed by atoms with Crippen LogP contribution in [0.4, 0.5) is 0 Å². The molecular formula is C16H23Cl2N. The molecular weight excluding hydrogens is 277 g/mol. The van der Waals surface area contributed by atoms with Gasteiger partial charge in [-0.3, -0.25) is 0 Å². The van der Waals surface area contributed by atoms with Gasteiger partial charge in [0.25, 0.3) is 0 Å². The fraction of sp³-hybridized carbons (Fsp3) is 0.625. The molecule has 0 heterocycles. The predicted molar refractivity (Wildman–Crippen MR) is 84.0 cm³/mol. The van der Waals surface area contributed by atoms with Crippen molar-refractivity contribution >= 4 is 23.2 Å². The Balaban J connectivity index is 2.18. The number of hydrogen-bond donors (Lipinski definition) is 1. The fourth-order valence-corrected chi connectivity index (χ4v) is 3.57. The van der Waals surface area contributed by atoms with Crippen molar-refractivity contribution in [1.82, 2.24) is 5.32 Å². The zero-order chi connectivity index (χ0) is 14.4. The van der Waals surface area contributed by atoms with Crippen molar-refractivity contribution in [2.75, 3.05) is 0 Å². The molecule has 1 aliphatic rings. The van der Waals surface area contributed by atoms with Crippen LogP contribution in [-0.4, -0.2) is 6.04 Å². The van der Waals surface area contributed by atoms with Gasteiger partial charge in [0.1, 0.15) is 0 Å². The Morgan fingerprint density at radius 2 is 1.74 bits per heavy atom. The molecule has 0 amide bonds. The zero-order valence-corrected chi connectivity index (χ0v) is 13.9. The number of rotatable bonds is 4. The maximum atomic E-state index is 6.32. The monoisotopic (exact) mass is 299 g/mol. The molecule has 106 valence electrons. The molecule has 19 heavy (non-hydrogen) atoms. The average molecular weight is 300 g/mol. The van der Waals surface area contributed by atoms with Crippen LogP contribution >= 0.6 is 23.2 Å². The molecule has 0 bridgehead atoms. The van der Waals surface area contributed by atoms with Crippen LogP contribution in [-0.2, 0) is 0 Å². The molecule has 1 unspecified atom stereocenters. The molecule has 1 aliphatic carbocycles. The lowest BCUT2D eigenvalue weighted by Gasteiger charge is -2.20. The molecule has 1 atom stereocenters. The second-order valence-electron chi connectivity index (χ2n) is 6.67. The van der Waals surface area contributed by atoms with Gasteiger partial charge in [-0.1, -0.05) is 63.9 Å². The van der Waals surface area contributed by atoms with Crippen LogP contribution in [0.3, 0.4) is 0 Å². The highest BCUT2D eigenvalue weighted by atomic mass is 35.5. The van der Waals surface area contributed by atoms with Crippen molar-refractivity contribution in [1.29, 1.82) is 0 Å². The third-order valence-electron chi connectivity index (χ3n) is 5.13. The first-order valence-electron chi connectivity index (χ1n) is 6.92. The zero-order valence-electron chi connectivity index (χ0n) is 12.3. The van der Waals surface area contributed by atoms with Crippen molar-refractivity contribution in [3.05, 3.63) is 33.8 Å². The van der Waals surface area contributed by atoms with E-state index >= 15 is 0 Å². The number of nitrogens with one attached hydrogen (secondary N) is 1. The molecule has 3 heteroatoms. The fourth-order valence-electron chi connectivity index (χ4n) is 3.03. The van der Waals surface area contributed by atoms with Crippen LogP contribution in [0.1, 0.15) is 52.6 Å². The van der Waals surface area contributed by atoms with Gasteiger partial charge in [-0.2, -0.15) is 0 Å². The summed E-state index contributed by atoms with van der Waals surface area (Å²) in [6.07, 6.45) is 1.02. The van der Waals surface area contributed by atoms with Crippen molar-refractivity contribution in [3.8, 4) is 0 Å². The Morgan fingerprint density at radius 3 is 2.16 bits per heavy atom. The summed E-state index contributed by atoms with van der Waals surface area (Å²) < 4.78 is 0. The van der Waals surface area contributed by atoms with Gasteiger partial charge in [0.05, 0.1) is 0 Å². The molecule has 2 rings (SSSR count). The van der Waals surface area contributed by atoms with Crippen LogP contribution in [0.15, 0.2) is 18.2 Å². The van der Waals surface area contributed by atoms with Gasteiger partial charge in [0.15, 0.2) is 0 Å². The first kappa shape index (κ1) is 15.2. The first-order chi connectivity index (χ1) is 8.71. The first-order valence-corrected chi connectivity index (χ1v) is 7.68. The van der Waals surface area contributed by atoms with Crippen LogP contribution in [0, 0.1) is 10.8 Å². The summed E-state index contributed by atoms with van der Waals surface area (Å²) in [5.41, 5.74) is 1.81. The van der Waals surface area contributed by atoms with Gasteiger partial charge in [-0.25, -0.2) is 0 Å². The van der Waals surface area contributed by atoms with E-state index in [9.17, 15) is 0 Å². The Hall–Kier alpha value is -0.240. The summed E-state index contributed by atoms with van der Waals surface area (Å²) >= 11 is 12.3. The van der Waals surface area contributed by atoms with E-state index in [0.29, 0.717) is 21.9 Å². The van der Waals surface area contributed by atoms with Crippen molar-refractivity contribution in [2.45, 2.75) is 53.1 Å². The Kier molecular flexibility index (Phi) is 3.94. The second kappa shape index (κ2) is 4.95. The maximum absolute atomic E-state index is 6.32. The lowest BCUT2D eigenvalue weighted by molar-refractivity contribution is 0.457. The average Bonchev–Trinajstić information content (AvgIpc) is 2.68. The van der Waals surface area contributed by atoms with E-state index in [0.717, 1.165) is 17.0 Å². The summed E-state index contributed by atoms with van der Waals surface area (Å²) in [7, 11) is 0. The second-order valence-corrected chi connectivity index (χ2v) is 7.51. The molecule has 1 saturated carbocycles. The molecule has 1 aromatic rings.